The predicted molar refractivity (Wildman–Crippen MR) is 196 cm³/mol. The van der Waals surface area contributed by atoms with Crippen LogP contribution < -0.4 is 0 Å². The Balaban J connectivity index is -0.000000233. The largest absolute Gasteiger partial charge is 0.559 e. The molecule has 29 heteroatoms. The van der Waals surface area contributed by atoms with E-state index in [-0.39, 0.29) is 4.83 Å². The molecule has 11 nitrogen and oxygen atoms in total. The number of hydrogen-bond donors (Lipinski definition) is 0. The Bertz CT molecular complexity index is 1260. The monoisotopic (exact) mass is 1050 g/mol. The lowest BCUT2D eigenvalue weighted by Gasteiger charge is -2.30. The van der Waals surface area contributed by atoms with Crippen molar-refractivity contribution in [2.24, 2.45) is 16.2 Å². The molecule has 0 aliphatic heterocycles. The van der Waals surface area contributed by atoms with Crippen molar-refractivity contribution in [2.45, 2.75) is 52.3 Å². The fraction of sp³-hybridized carbons (Fsp3) is 0.686. The summed E-state index contributed by atoms with van der Waals surface area (Å²) in [5.41, 5.74) is -3.25. The highest BCUT2D eigenvalue weighted by Gasteiger charge is 2.42. The summed E-state index contributed by atoms with van der Waals surface area (Å²) in [5.74, 6) is -3.05. The number of ether oxygens (including phenoxy) is 6. The Morgan fingerprint density at radius 3 is 1.20 bits per heavy atom. The van der Waals surface area contributed by atoms with Crippen LogP contribution in [0.1, 0.15) is 51.4 Å². The van der Waals surface area contributed by atoms with E-state index in [1.54, 1.807) is 13.8 Å². The van der Waals surface area contributed by atoms with Gasteiger partial charge in [0.1, 0.15) is 50.5 Å². The normalized spacial score (nSPS) is 12.1. The summed E-state index contributed by atoms with van der Waals surface area (Å²) in [6, 6.07) is 9.47. The third kappa shape index (κ3) is 50.3. The first-order chi connectivity index (χ1) is 29.6. The molecule has 0 saturated heterocycles. The summed E-state index contributed by atoms with van der Waals surface area (Å²) in [6.07, 6.45) is -6.40. The third-order valence-corrected chi connectivity index (χ3v) is 6.87. The molecule has 3 atom stereocenters. The zero-order chi connectivity index (χ0) is 52.0. The average molecular weight is 1050 g/mol. The van der Waals surface area contributed by atoms with Crippen molar-refractivity contribution in [1.29, 1.82) is 0 Å². The zero-order valence-electron chi connectivity index (χ0n) is 35.0. The Morgan fingerprint density at radius 1 is 0.547 bits per heavy atom. The molecular formula is C35H50BrF17O11. The first-order valence-corrected chi connectivity index (χ1v) is 17.6. The maximum absolute atomic E-state index is 13.0. The summed E-state index contributed by atoms with van der Waals surface area (Å²) in [6.45, 7) is -7.01. The van der Waals surface area contributed by atoms with Gasteiger partial charge in [0.2, 0.25) is 41.6 Å². The highest BCUT2D eigenvalue weighted by molar-refractivity contribution is 9.09. The highest BCUT2D eigenvalue weighted by Crippen LogP contribution is 2.37. The lowest BCUT2D eigenvalue weighted by atomic mass is 9.86. The van der Waals surface area contributed by atoms with Crippen molar-refractivity contribution >= 4 is 46.0 Å². The molecule has 382 valence electrons. The minimum absolute atomic E-state index is 0.151. The van der Waals surface area contributed by atoms with Crippen molar-refractivity contribution in [3.8, 4) is 0 Å². The molecule has 0 N–H and O–H groups in total. The van der Waals surface area contributed by atoms with Gasteiger partial charge >= 0.3 is 36.5 Å². The number of esters is 4. The number of carbonyl (C=O) groups is 5. The topological polar surface area (TPSA) is 141 Å². The molecule has 3 unspecified atom stereocenters. The number of carbonyl (C=O) groups excluding carboxylic acids is 5. The van der Waals surface area contributed by atoms with Crippen molar-refractivity contribution in [1.82, 2.24) is 0 Å². The van der Waals surface area contributed by atoms with E-state index < -0.39 is 134 Å². The van der Waals surface area contributed by atoms with Crippen LogP contribution in [0.25, 0.3) is 0 Å². The smallest absolute Gasteiger partial charge is 0.468 e. The second kappa shape index (κ2) is 46.6. The van der Waals surface area contributed by atoms with Crippen molar-refractivity contribution in [3.63, 3.8) is 0 Å². The summed E-state index contributed by atoms with van der Waals surface area (Å²) < 4.78 is 197. The van der Waals surface area contributed by atoms with E-state index in [4.69, 9.17) is 23.7 Å². The zero-order valence-corrected chi connectivity index (χ0v) is 36.5. The van der Waals surface area contributed by atoms with E-state index in [1.165, 1.54) is 13.8 Å². The molecule has 0 heterocycles. The SMILES string of the molecule is COC(=O)C(C)(COC(C)=O)COC(=O)OCC(C)(COC(=O)C(C)(C)CC(Br)c1ccccc1)C(=O)OCCF.FC(F)(F)F.FCF.FCF.FCF.FCF.FCF.FCF. The van der Waals surface area contributed by atoms with Gasteiger partial charge in [-0.25, -0.2) is 61.9 Å². The molecule has 0 aromatic heterocycles. The number of benzene rings is 1. The Morgan fingerprint density at radius 2 is 0.875 bits per heavy atom. The first kappa shape index (κ1) is 74.0. The van der Waals surface area contributed by atoms with Gasteiger partial charge in [-0.3, -0.25) is 19.2 Å². The molecule has 1 rings (SSSR count). The molecule has 0 radical (unpaired) electrons. The van der Waals surface area contributed by atoms with Crippen LogP contribution >= 0.6 is 15.9 Å². The number of methoxy groups -OCH3 is 1. The van der Waals surface area contributed by atoms with Crippen LogP contribution in [0.15, 0.2) is 30.3 Å². The van der Waals surface area contributed by atoms with E-state index in [1.807, 2.05) is 30.3 Å². The summed E-state index contributed by atoms with van der Waals surface area (Å²) >= 11 is 3.59. The fourth-order valence-corrected chi connectivity index (χ4v) is 4.46. The number of alkyl halides is 18. The Kier molecular flexibility index (Phi) is 54.0. The standard InChI is InChI=1S/C28H38BrFO11.CF4.6CH2F2/c1-19(31)38-15-27(4,23(33)36-6)17-40-25(35)41-18-28(5,24(34)37-13-12-30)16-39-22(32)26(2,3)14-21(29)20-10-8-7-9-11-20;2-1(3,4)5;6*2-1-3/h7-11,21H,12-18H2,1-6H3;;6*1H2. The minimum Gasteiger partial charge on any atom is -0.468 e. The van der Waals surface area contributed by atoms with Gasteiger partial charge in [0.25, 0.3) is 0 Å². The molecule has 0 spiro atoms. The van der Waals surface area contributed by atoms with E-state index >= 15 is 0 Å². The molecule has 64 heavy (non-hydrogen) atoms. The third-order valence-electron chi connectivity index (χ3n) is 6.02. The van der Waals surface area contributed by atoms with Crippen molar-refractivity contribution in [3.05, 3.63) is 35.9 Å². The van der Waals surface area contributed by atoms with Crippen LogP contribution in [0, 0.1) is 16.2 Å². The lowest BCUT2D eigenvalue weighted by molar-refractivity contribution is -0.237. The van der Waals surface area contributed by atoms with E-state index in [2.05, 4.69) is 20.7 Å². The van der Waals surface area contributed by atoms with E-state index in [0.29, 0.717) is 6.42 Å². The molecule has 0 saturated carbocycles. The highest BCUT2D eigenvalue weighted by atomic mass is 79.9. The van der Waals surface area contributed by atoms with Crippen LogP contribution in [0.4, 0.5) is 79.4 Å². The van der Waals surface area contributed by atoms with Gasteiger partial charge in [0, 0.05) is 11.8 Å². The van der Waals surface area contributed by atoms with Gasteiger partial charge in [0.05, 0.1) is 12.5 Å². The van der Waals surface area contributed by atoms with Gasteiger partial charge in [-0.1, -0.05) is 46.3 Å². The lowest BCUT2D eigenvalue weighted by Crippen LogP contribution is -2.43. The molecule has 1 aromatic carbocycles. The second-order valence-electron chi connectivity index (χ2n) is 11.6. The van der Waals surface area contributed by atoms with Gasteiger partial charge in [0.15, 0.2) is 0 Å². The molecule has 0 amide bonds. The van der Waals surface area contributed by atoms with Crippen LogP contribution in [0.2, 0.25) is 0 Å². The molecule has 0 aliphatic carbocycles. The summed E-state index contributed by atoms with van der Waals surface area (Å²) in [4.78, 5) is 61.2. The van der Waals surface area contributed by atoms with Crippen LogP contribution in [0.5, 0.6) is 0 Å². The van der Waals surface area contributed by atoms with E-state index in [9.17, 15) is 98.6 Å². The predicted octanol–water partition coefficient (Wildman–Crippen LogP) is 11.3. The maximum Gasteiger partial charge on any atom is 0.559 e. The Hall–Kier alpha value is -4.34. The van der Waals surface area contributed by atoms with Crippen molar-refractivity contribution in [2.75, 3.05) is 88.4 Å². The second-order valence-corrected chi connectivity index (χ2v) is 12.7. The molecule has 0 aliphatic rings. The number of hydrogen-bond acceptors (Lipinski definition) is 11. The van der Waals surface area contributed by atoms with E-state index in [0.717, 1.165) is 19.6 Å². The molecule has 1 aromatic rings. The Labute approximate surface area is 365 Å². The van der Waals surface area contributed by atoms with Gasteiger partial charge < -0.3 is 28.4 Å². The first-order valence-electron chi connectivity index (χ1n) is 16.7. The van der Waals surface area contributed by atoms with Crippen molar-refractivity contribution < 1.29 is 127 Å². The van der Waals surface area contributed by atoms with Gasteiger partial charge in [-0.15, -0.1) is 17.6 Å². The van der Waals surface area contributed by atoms with Crippen LogP contribution in [-0.2, 0) is 47.6 Å². The maximum atomic E-state index is 13.0. The van der Waals surface area contributed by atoms with Crippen LogP contribution in [0.3, 0.4) is 0 Å². The minimum atomic E-state index is -5.50. The molecule has 0 fully saturated rings. The van der Waals surface area contributed by atoms with Gasteiger partial charge in [-0.05, 0) is 39.7 Å². The number of rotatable bonds is 16. The average Bonchev–Trinajstić information content (AvgIpc) is 3.20. The molecule has 0 bridgehead atoms. The van der Waals surface area contributed by atoms with Gasteiger partial charge in [-0.2, -0.15) is 0 Å². The van der Waals surface area contributed by atoms with Crippen LogP contribution in [-0.4, -0.2) is 125 Å². The summed E-state index contributed by atoms with van der Waals surface area (Å²) in [5, 5.41) is 0. The molecular weight excluding hydrogens is 999 g/mol. The number of halogens is 18. The summed E-state index contributed by atoms with van der Waals surface area (Å²) in [7, 11) is 1.11. The quantitative estimate of drug-likeness (QED) is 0.0676. The fourth-order valence-electron chi connectivity index (χ4n) is 3.34.